The highest BCUT2D eigenvalue weighted by Gasteiger charge is 2.50. The number of nitrogens with zero attached hydrogens (tertiary/aromatic N) is 2. The third kappa shape index (κ3) is 7.08. The highest BCUT2D eigenvalue weighted by Crippen LogP contribution is 2.38. The fraction of sp³-hybridized carbons (Fsp3) is 0.359. The Morgan fingerprint density at radius 3 is 2.25 bits per heavy atom. The molecule has 9 nitrogen and oxygen atoms in total. The molecule has 0 bridgehead atoms. The Balaban J connectivity index is 1.41. The molecule has 5 aromatic rings. The molecule has 2 aromatic heterocycles. The van der Waals surface area contributed by atoms with Crippen molar-refractivity contribution in [3.05, 3.63) is 120 Å². The number of hydrogen-bond acceptors (Lipinski definition) is 7. The Hall–Kier alpha value is -3.88. The number of aryl methyl sites for hydroxylation is 1. The van der Waals surface area contributed by atoms with Crippen LogP contribution in [-0.4, -0.2) is 50.2 Å². The van der Waals surface area contributed by atoms with E-state index >= 15 is 0 Å². The van der Waals surface area contributed by atoms with Crippen molar-refractivity contribution >= 4 is 62.1 Å². The first-order valence-electron chi connectivity index (χ1n) is 17.3. The van der Waals surface area contributed by atoms with E-state index in [1.54, 1.807) is 6.92 Å². The van der Waals surface area contributed by atoms with Crippen LogP contribution in [0.4, 0.5) is 4.39 Å². The van der Waals surface area contributed by atoms with Crippen LogP contribution in [0.3, 0.4) is 0 Å². The van der Waals surface area contributed by atoms with Gasteiger partial charge >= 0.3 is 5.69 Å². The summed E-state index contributed by atoms with van der Waals surface area (Å²) in [5.41, 5.74) is -0.0881. The molecule has 1 amide bonds. The average molecular weight is 809 g/mol. The van der Waals surface area contributed by atoms with Crippen molar-refractivity contribution in [3.63, 3.8) is 0 Å². The Bertz CT molecular complexity index is 2140. The normalized spacial score (nSPS) is 15.8. The van der Waals surface area contributed by atoms with E-state index in [-0.39, 0.29) is 30.7 Å². The molecule has 1 N–H and O–H groups in total. The standard InChI is InChI=1S/C39H43BrFN3O6SSi/c1-25-33-36(46)44(30-17-12-20-42-35(30)45)38(47)43(37(33)51-34(25)40)24-32(29-23-26(41)18-19-31(29)48-5)49-21-22-50-52(39(2,3)4,27-13-8-6-9-14-27)28-15-10-7-11-16-28/h6-11,13-16,18-19,23,30,32H,12,17,20-22,24H2,1-5H3,(H,42,45)/t30?,32-/m0/s1. The number of amides is 1. The first-order valence-corrected chi connectivity index (χ1v) is 20.8. The minimum absolute atomic E-state index is 0.0879. The molecule has 3 heterocycles. The van der Waals surface area contributed by atoms with Gasteiger partial charge in [-0.3, -0.25) is 14.2 Å². The van der Waals surface area contributed by atoms with Crippen molar-refractivity contribution in [1.29, 1.82) is 0 Å². The zero-order chi connectivity index (χ0) is 37.2. The second kappa shape index (κ2) is 15.6. The minimum atomic E-state index is -2.89. The van der Waals surface area contributed by atoms with E-state index in [4.69, 9.17) is 13.9 Å². The van der Waals surface area contributed by atoms with E-state index in [0.717, 1.165) is 14.9 Å². The molecule has 52 heavy (non-hydrogen) atoms. The summed E-state index contributed by atoms with van der Waals surface area (Å²) in [6.07, 6.45) is 0.0831. The summed E-state index contributed by atoms with van der Waals surface area (Å²) in [6, 6.07) is 23.8. The van der Waals surface area contributed by atoms with Crippen LogP contribution in [0.5, 0.6) is 5.75 Å². The lowest BCUT2D eigenvalue weighted by atomic mass is 10.1. The van der Waals surface area contributed by atoms with Gasteiger partial charge in [-0.15, -0.1) is 11.3 Å². The molecule has 1 unspecified atom stereocenters. The van der Waals surface area contributed by atoms with Gasteiger partial charge in [-0.2, -0.15) is 0 Å². The number of hydrogen-bond donors (Lipinski definition) is 1. The van der Waals surface area contributed by atoms with Crippen molar-refractivity contribution in [3.8, 4) is 5.75 Å². The predicted octanol–water partition coefficient (Wildman–Crippen LogP) is 6.23. The minimum Gasteiger partial charge on any atom is -0.496 e. The number of fused-ring (bicyclic) bond motifs is 1. The van der Waals surface area contributed by atoms with E-state index < -0.39 is 37.5 Å². The van der Waals surface area contributed by atoms with Crippen molar-refractivity contribution in [2.45, 2.75) is 64.3 Å². The lowest BCUT2D eigenvalue weighted by molar-refractivity contribution is -0.126. The maximum atomic E-state index is 14.9. The molecule has 1 aliphatic rings. The van der Waals surface area contributed by atoms with Crippen LogP contribution in [-0.2, 0) is 20.5 Å². The average Bonchev–Trinajstić information content (AvgIpc) is 3.43. The summed E-state index contributed by atoms with van der Waals surface area (Å²) < 4.78 is 37.5. The van der Waals surface area contributed by atoms with Crippen LogP contribution < -0.4 is 31.7 Å². The largest absolute Gasteiger partial charge is 0.496 e. The molecule has 0 spiro atoms. The second-order valence-electron chi connectivity index (χ2n) is 14.0. The maximum Gasteiger partial charge on any atom is 0.332 e. The van der Waals surface area contributed by atoms with Gasteiger partial charge in [0.1, 0.15) is 28.5 Å². The number of methoxy groups -OCH3 is 1. The first kappa shape index (κ1) is 37.9. The SMILES string of the molecule is COc1ccc(F)cc1[C@H](Cn1c(=O)n(C2CCCNC2=O)c(=O)c2c(C)c(Br)sc21)OCCO[Si](c1ccccc1)(c1ccccc1)C(C)(C)C. The number of halogens is 2. The summed E-state index contributed by atoms with van der Waals surface area (Å²) in [5, 5.41) is 5.12. The molecule has 1 aliphatic heterocycles. The van der Waals surface area contributed by atoms with E-state index in [1.165, 1.54) is 41.2 Å². The number of thiophene rings is 1. The molecular formula is C39H43BrFN3O6SSi. The summed E-state index contributed by atoms with van der Waals surface area (Å²) >= 11 is 4.82. The molecule has 0 aliphatic carbocycles. The number of aromatic nitrogens is 2. The summed E-state index contributed by atoms with van der Waals surface area (Å²) in [5.74, 6) is -0.487. The monoisotopic (exact) mass is 807 g/mol. The fourth-order valence-corrected chi connectivity index (χ4v) is 13.5. The number of nitrogens with one attached hydrogen (secondary N) is 1. The fourth-order valence-electron chi connectivity index (χ4n) is 7.29. The molecule has 0 radical (unpaired) electrons. The molecule has 2 atom stereocenters. The molecule has 3 aromatic carbocycles. The van der Waals surface area contributed by atoms with Gasteiger partial charge in [-0.05, 0) is 74.9 Å². The Labute approximate surface area is 315 Å². The maximum absolute atomic E-state index is 14.9. The number of ether oxygens (including phenoxy) is 2. The zero-order valence-electron chi connectivity index (χ0n) is 29.9. The summed E-state index contributed by atoms with van der Waals surface area (Å²) in [6.45, 7) is 9.09. The molecule has 1 saturated heterocycles. The Morgan fingerprint density at radius 2 is 1.65 bits per heavy atom. The molecular weight excluding hydrogens is 765 g/mol. The van der Waals surface area contributed by atoms with Crippen LogP contribution in [0.1, 0.15) is 56.9 Å². The highest BCUT2D eigenvalue weighted by atomic mass is 79.9. The Kier molecular flexibility index (Phi) is 11.4. The highest BCUT2D eigenvalue weighted by molar-refractivity contribution is 9.11. The molecule has 6 rings (SSSR count). The topological polar surface area (TPSA) is 101 Å². The third-order valence-corrected chi connectivity index (χ3v) is 17.0. The number of carbonyl (C=O) groups excluding carboxylic acids is 1. The van der Waals surface area contributed by atoms with Crippen LogP contribution in [0, 0.1) is 12.7 Å². The zero-order valence-corrected chi connectivity index (χ0v) is 33.3. The quantitative estimate of drug-likeness (QED) is 0.119. The van der Waals surface area contributed by atoms with E-state index in [0.29, 0.717) is 50.3 Å². The van der Waals surface area contributed by atoms with Crippen LogP contribution in [0.15, 0.2) is 92.2 Å². The summed E-state index contributed by atoms with van der Waals surface area (Å²) in [4.78, 5) is 41.8. The van der Waals surface area contributed by atoms with Gasteiger partial charge in [0.25, 0.3) is 13.9 Å². The lowest BCUT2D eigenvalue weighted by Gasteiger charge is -2.43. The van der Waals surface area contributed by atoms with Crippen LogP contribution >= 0.6 is 27.3 Å². The van der Waals surface area contributed by atoms with Gasteiger partial charge in [-0.25, -0.2) is 13.8 Å². The van der Waals surface area contributed by atoms with Crippen LogP contribution in [0.2, 0.25) is 5.04 Å². The van der Waals surface area contributed by atoms with Crippen molar-refractivity contribution in [2.75, 3.05) is 26.9 Å². The van der Waals surface area contributed by atoms with E-state index in [9.17, 15) is 18.8 Å². The van der Waals surface area contributed by atoms with Gasteiger partial charge in [0.15, 0.2) is 0 Å². The number of benzene rings is 3. The number of carbonyl (C=O) groups is 1. The van der Waals surface area contributed by atoms with Crippen molar-refractivity contribution < 1.29 is 23.1 Å². The number of piperidine rings is 1. The van der Waals surface area contributed by atoms with Gasteiger partial charge in [-0.1, -0.05) is 81.4 Å². The molecule has 0 saturated carbocycles. The predicted molar refractivity (Wildman–Crippen MR) is 209 cm³/mol. The van der Waals surface area contributed by atoms with E-state index in [1.807, 2.05) is 36.4 Å². The second-order valence-corrected chi connectivity index (χ2v) is 20.6. The molecule has 13 heteroatoms. The van der Waals surface area contributed by atoms with Gasteiger partial charge in [0, 0.05) is 12.1 Å². The first-order chi connectivity index (χ1) is 24.9. The Morgan fingerprint density at radius 1 is 1.00 bits per heavy atom. The van der Waals surface area contributed by atoms with Gasteiger partial charge in [0.05, 0.1) is 36.0 Å². The van der Waals surface area contributed by atoms with Crippen LogP contribution in [0.25, 0.3) is 10.2 Å². The molecule has 274 valence electrons. The van der Waals surface area contributed by atoms with Gasteiger partial charge < -0.3 is 19.2 Å². The lowest BCUT2D eigenvalue weighted by Crippen LogP contribution is -2.66. The van der Waals surface area contributed by atoms with Crippen molar-refractivity contribution in [2.24, 2.45) is 0 Å². The van der Waals surface area contributed by atoms with Gasteiger partial charge in [0.2, 0.25) is 5.91 Å². The molecule has 1 fully saturated rings. The summed E-state index contributed by atoms with van der Waals surface area (Å²) in [7, 11) is -1.40. The number of rotatable bonds is 12. The van der Waals surface area contributed by atoms with E-state index in [2.05, 4.69) is 66.3 Å². The third-order valence-electron chi connectivity index (χ3n) is 9.78. The smallest absolute Gasteiger partial charge is 0.332 e. The van der Waals surface area contributed by atoms with Crippen molar-refractivity contribution in [1.82, 2.24) is 14.5 Å².